The lowest BCUT2D eigenvalue weighted by molar-refractivity contribution is 0.0696. The topological polar surface area (TPSA) is 136 Å². The summed E-state index contributed by atoms with van der Waals surface area (Å²) < 4.78 is 32.9. The van der Waals surface area contributed by atoms with Crippen LogP contribution in [-0.4, -0.2) is 25.4 Å². The summed E-state index contributed by atoms with van der Waals surface area (Å²) in [5.74, 6) is -0.722. The molecule has 148 valence electrons. The van der Waals surface area contributed by atoms with Gasteiger partial charge in [-0.25, -0.2) is 13.2 Å². The largest absolute Gasteiger partial charge is 0.478 e. The fourth-order valence-electron chi connectivity index (χ4n) is 2.41. The molecular weight excluding hydrogens is 396 g/mol. The van der Waals surface area contributed by atoms with Crippen molar-refractivity contribution in [2.45, 2.75) is 4.90 Å². The number of nitrogens with one attached hydrogen (secondary N) is 1. The van der Waals surface area contributed by atoms with Crippen LogP contribution in [0, 0.1) is 0 Å². The number of hydrogen-bond donors (Lipinski definition) is 3. The number of benzene rings is 3. The summed E-state index contributed by atoms with van der Waals surface area (Å²) in [5, 5.41) is 8.89. The summed E-state index contributed by atoms with van der Waals surface area (Å²) in [7, 11) is -3.87. The van der Waals surface area contributed by atoms with Crippen molar-refractivity contribution in [3.63, 3.8) is 0 Å². The minimum Gasteiger partial charge on any atom is -0.478 e. The van der Waals surface area contributed by atoms with Crippen molar-refractivity contribution in [3.05, 3.63) is 83.9 Å². The zero-order valence-electron chi connectivity index (χ0n) is 14.9. The molecule has 0 saturated carbocycles. The first-order chi connectivity index (χ1) is 13.7. The average Bonchev–Trinajstić information content (AvgIpc) is 2.70. The van der Waals surface area contributed by atoms with E-state index in [9.17, 15) is 18.0 Å². The second-order valence-electron chi connectivity index (χ2n) is 5.95. The lowest BCUT2D eigenvalue weighted by Crippen LogP contribution is -2.13. The Bertz CT molecular complexity index is 1140. The Labute approximate surface area is 166 Å². The van der Waals surface area contributed by atoms with E-state index in [0.717, 1.165) is 0 Å². The zero-order chi connectivity index (χ0) is 21.0. The van der Waals surface area contributed by atoms with E-state index in [1.807, 2.05) is 0 Å². The maximum atomic E-state index is 12.4. The monoisotopic (exact) mass is 412 g/mol. The van der Waals surface area contributed by atoms with Gasteiger partial charge in [0.2, 0.25) is 5.91 Å². The van der Waals surface area contributed by atoms with Crippen molar-refractivity contribution in [3.8, 4) is 11.5 Å². The maximum Gasteiger partial charge on any atom is 0.335 e. The van der Waals surface area contributed by atoms with Crippen LogP contribution in [0.3, 0.4) is 0 Å². The van der Waals surface area contributed by atoms with Crippen LogP contribution in [0.4, 0.5) is 5.69 Å². The van der Waals surface area contributed by atoms with Crippen molar-refractivity contribution >= 4 is 27.6 Å². The number of carboxylic acids is 1. The molecule has 3 aromatic rings. The van der Waals surface area contributed by atoms with Gasteiger partial charge in [0, 0.05) is 11.3 Å². The Morgan fingerprint density at radius 3 is 1.76 bits per heavy atom. The minimum atomic E-state index is -3.87. The summed E-state index contributed by atoms with van der Waals surface area (Å²) in [4.78, 5) is 21.9. The second kappa shape index (κ2) is 8.03. The molecule has 3 aromatic carbocycles. The highest BCUT2D eigenvalue weighted by molar-refractivity contribution is 7.92. The normalized spacial score (nSPS) is 10.9. The van der Waals surface area contributed by atoms with Gasteiger partial charge in [0.05, 0.1) is 10.5 Å². The number of nitrogens with two attached hydrogens (primary N) is 1. The highest BCUT2D eigenvalue weighted by Crippen LogP contribution is 2.24. The number of rotatable bonds is 7. The molecule has 0 aliphatic carbocycles. The fourth-order valence-corrected chi connectivity index (χ4v) is 3.46. The number of ether oxygens (including phenoxy) is 1. The Morgan fingerprint density at radius 1 is 0.793 bits per heavy atom. The maximum absolute atomic E-state index is 12.4. The van der Waals surface area contributed by atoms with Crippen molar-refractivity contribution in [1.82, 2.24) is 0 Å². The van der Waals surface area contributed by atoms with E-state index in [2.05, 4.69) is 4.72 Å². The molecule has 3 rings (SSSR count). The lowest BCUT2D eigenvalue weighted by Gasteiger charge is -2.10. The quantitative estimate of drug-likeness (QED) is 0.546. The van der Waals surface area contributed by atoms with Crippen LogP contribution in [0.25, 0.3) is 0 Å². The highest BCUT2D eigenvalue weighted by atomic mass is 32.2. The van der Waals surface area contributed by atoms with Gasteiger partial charge in [-0.2, -0.15) is 0 Å². The van der Waals surface area contributed by atoms with Gasteiger partial charge in [-0.15, -0.1) is 0 Å². The van der Waals surface area contributed by atoms with Crippen molar-refractivity contribution in [2.24, 2.45) is 5.73 Å². The number of anilines is 1. The molecule has 9 heteroatoms. The van der Waals surface area contributed by atoms with E-state index in [1.54, 1.807) is 24.3 Å². The van der Waals surface area contributed by atoms with Crippen LogP contribution in [0.5, 0.6) is 11.5 Å². The van der Waals surface area contributed by atoms with Gasteiger partial charge >= 0.3 is 5.97 Å². The van der Waals surface area contributed by atoms with Gasteiger partial charge in [0.25, 0.3) is 10.0 Å². The van der Waals surface area contributed by atoms with Crippen LogP contribution in [-0.2, 0) is 10.0 Å². The predicted octanol–water partition coefficient (Wildman–Crippen LogP) is 3.08. The first-order valence-corrected chi connectivity index (χ1v) is 9.77. The Hall–Kier alpha value is -3.85. The van der Waals surface area contributed by atoms with Crippen molar-refractivity contribution in [2.75, 3.05) is 4.72 Å². The molecule has 0 bridgehead atoms. The Kier molecular flexibility index (Phi) is 5.51. The third-order valence-electron chi connectivity index (χ3n) is 3.89. The SMILES string of the molecule is NC(=O)c1ccc(Oc2ccc(NS(=O)(=O)c3ccc(C(=O)O)cc3)cc2)cc1. The molecule has 0 aromatic heterocycles. The van der Waals surface area contributed by atoms with E-state index in [4.69, 9.17) is 15.6 Å². The molecule has 4 N–H and O–H groups in total. The summed E-state index contributed by atoms with van der Waals surface area (Å²) in [6.45, 7) is 0. The van der Waals surface area contributed by atoms with Gasteiger partial charge in [-0.05, 0) is 72.8 Å². The van der Waals surface area contributed by atoms with Gasteiger partial charge in [-0.1, -0.05) is 0 Å². The number of carbonyl (C=O) groups excluding carboxylic acids is 1. The molecule has 29 heavy (non-hydrogen) atoms. The van der Waals surface area contributed by atoms with Crippen molar-refractivity contribution in [1.29, 1.82) is 0 Å². The smallest absolute Gasteiger partial charge is 0.335 e. The van der Waals surface area contributed by atoms with Crippen LogP contribution < -0.4 is 15.2 Å². The Balaban J connectivity index is 1.69. The first kappa shape index (κ1) is 19.9. The molecule has 0 aliphatic heterocycles. The molecule has 0 atom stereocenters. The van der Waals surface area contributed by atoms with E-state index in [1.165, 1.54) is 48.5 Å². The molecule has 8 nitrogen and oxygen atoms in total. The van der Waals surface area contributed by atoms with Crippen LogP contribution in [0.2, 0.25) is 0 Å². The molecule has 0 saturated heterocycles. The average molecular weight is 412 g/mol. The Morgan fingerprint density at radius 2 is 1.28 bits per heavy atom. The summed E-state index contributed by atoms with van der Waals surface area (Å²) >= 11 is 0. The zero-order valence-corrected chi connectivity index (χ0v) is 15.7. The summed E-state index contributed by atoms with van der Waals surface area (Å²) in [5.41, 5.74) is 5.85. The lowest BCUT2D eigenvalue weighted by atomic mass is 10.2. The van der Waals surface area contributed by atoms with Gasteiger partial charge < -0.3 is 15.6 Å². The molecule has 0 spiro atoms. The molecule has 0 radical (unpaired) electrons. The number of aromatic carboxylic acids is 1. The third kappa shape index (κ3) is 4.90. The number of sulfonamides is 1. The van der Waals surface area contributed by atoms with Crippen molar-refractivity contribution < 1.29 is 27.9 Å². The standard InChI is InChI=1S/C20H16N2O6S/c21-19(23)13-1-7-16(8-2-13)28-17-9-5-15(6-10-17)22-29(26,27)18-11-3-14(4-12-18)20(24)25/h1-12,22H,(H2,21,23)(H,24,25). The number of hydrogen-bond acceptors (Lipinski definition) is 5. The molecule has 1 amide bonds. The molecule has 0 aliphatic rings. The van der Waals surface area contributed by atoms with Crippen LogP contribution >= 0.6 is 0 Å². The van der Waals surface area contributed by atoms with Gasteiger partial charge in [0.15, 0.2) is 0 Å². The number of amides is 1. The molecular formula is C20H16N2O6S. The molecule has 0 heterocycles. The molecule has 0 fully saturated rings. The predicted molar refractivity (Wildman–Crippen MR) is 106 cm³/mol. The molecule has 0 unspecified atom stereocenters. The minimum absolute atomic E-state index is 0.00527. The van der Waals surface area contributed by atoms with Gasteiger partial charge in [-0.3, -0.25) is 9.52 Å². The van der Waals surface area contributed by atoms with Crippen LogP contribution in [0.1, 0.15) is 20.7 Å². The van der Waals surface area contributed by atoms with E-state index in [-0.39, 0.29) is 10.5 Å². The number of carbonyl (C=O) groups is 2. The third-order valence-corrected chi connectivity index (χ3v) is 5.29. The van der Waals surface area contributed by atoms with E-state index < -0.39 is 21.9 Å². The first-order valence-electron chi connectivity index (χ1n) is 8.28. The second-order valence-corrected chi connectivity index (χ2v) is 7.63. The number of carboxylic acid groups (broad SMARTS) is 1. The highest BCUT2D eigenvalue weighted by Gasteiger charge is 2.15. The van der Waals surface area contributed by atoms with E-state index >= 15 is 0 Å². The fraction of sp³-hybridized carbons (Fsp3) is 0. The number of primary amides is 1. The summed E-state index contributed by atoms with van der Waals surface area (Å²) in [6.07, 6.45) is 0. The van der Waals surface area contributed by atoms with Crippen LogP contribution in [0.15, 0.2) is 77.7 Å². The van der Waals surface area contributed by atoms with E-state index in [0.29, 0.717) is 22.7 Å². The summed E-state index contributed by atoms with van der Waals surface area (Å²) in [6, 6.07) is 17.3. The van der Waals surface area contributed by atoms with Gasteiger partial charge in [0.1, 0.15) is 11.5 Å².